The summed E-state index contributed by atoms with van der Waals surface area (Å²) in [4.78, 5) is 28.1. The maximum atomic E-state index is 13.5. The quantitative estimate of drug-likeness (QED) is 0.864. The molecule has 2 aromatic rings. The van der Waals surface area contributed by atoms with E-state index >= 15 is 0 Å². The van der Waals surface area contributed by atoms with Crippen LogP contribution < -0.4 is 10.9 Å². The van der Waals surface area contributed by atoms with Crippen LogP contribution in [0.5, 0.6) is 0 Å². The third kappa shape index (κ3) is 3.42. The summed E-state index contributed by atoms with van der Waals surface area (Å²) in [6, 6.07) is 4.56. The van der Waals surface area contributed by atoms with Crippen molar-refractivity contribution in [3.8, 4) is 0 Å². The maximum Gasteiger partial charge on any atom is 0.254 e. The second-order valence-electron chi connectivity index (χ2n) is 5.14. The van der Waals surface area contributed by atoms with E-state index < -0.39 is 17.6 Å². The Morgan fingerprint density at radius 3 is 3.00 bits per heavy atom. The summed E-state index contributed by atoms with van der Waals surface area (Å²) in [5.41, 5.74) is 0.00650. The highest BCUT2D eigenvalue weighted by molar-refractivity contribution is 7.99. The van der Waals surface area contributed by atoms with Crippen molar-refractivity contribution >= 4 is 17.7 Å². The van der Waals surface area contributed by atoms with Crippen molar-refractivity contribution in [2.24, 2.45) is 5.92 Å². The molecule has 1 aromatic heterocycles. The molecule has 2 heterocycles. The number of fused-ring (bicyclic) bond motifs is 1. The molecule has 1 aliphatic heterocycles. The van der Waals surface area contributed by atoms with Gasteiger partial charge in [-0.05, 0) is 6.07 Å². The average molecular weight is 337 g/mol. The molecule has 3 rings (SSSR count). The molecule has 5 nitrogen and oxygen atoms in total. The second kappa shape index (κ2) is 6.49. The van der Waals surface area contributed by atoms with Crippen molar-refractivity contribution in [3.63, 3.8) is 0 Å². The monoisotopic (exact) mass is 337 g/mol. The number of rotatable bonds is 3. The third-order valence-electron chi connectivity index (χ3n) is 3.55. The Bertz CT molecular complexity index is 810. The summed E-state index contributed by atoms with van der Waals surface area (Å²) in [7, 11) is 0. The highest BCUT2D eigenvalue weighted by Crippen LogP contribution is 2.24. The van der Waals surface area contributed by atoms with Crippen LogP contribution in [0.1, 0.15) is 5.56 Å². The number of hydrogen-bond donors (Lipinski definition) is 1. The number of aromatic nitrogens is 2. The molecule has 0 bridgehead atoms. The van der Waals surface area contributed by atoms with E-state index in [9.17, 15) is 18.4 Å². The van der Waals surface area contributed by atoms with E-state index in [4.69, 9.17) is 0 Å². The van der Waals surface area contributed by atoms with Crippen LogP contribution in [0.4, 0.5) is 8.78 Å². The van der Waals surface area contributed by atoms with Gasteiger partial charge in [0.2, 0.25) is 5.91 Å². The highest BCUT2D eigenvalue weighted by atomic mass is 32.2. The van der Waals surface area contributed by atoms with Crippen LogP contribution in [0.15, 0.2) is 40.4 Å². The van der Waals surface area contributed by atoms with Gasteiger partial charge >= 0.3 is 0 Å². The van der Waals surface area contributed by atoms with Gasteiger partial charge in [-0.15, -0.1) is 0 Å². The zero-order valence-electron chi connectivity index (χ0n) is 12.0. The molecule has 1 aromatic carbocycles. The summed E-state index contributed by atoms with van der Waals surface area (Å²) in [5, 5.41) is 3.22. The van der Waals surface area contributed by atoms with Crippen LogP contribution in [-0.4, -0.2) is 21.2 Å². The van der Waals surface area contributed by atoms with Gasteiger partial charge in [0.05, 0.1) is 5.92 Å². The van der Waals surface area contributed by atoms with Gasteiger partial charge in [0, 0.05) is 42.7 Å². The first-order valence-electron chi connectivity index (χ1n) is 6.95. The van der Waals surface area contributed by atoms with Gasteiger partial charge in [0.1, 0.15) is 11.6 Å². The number of carbonyl (C=O) groups excluding carboxylic acids is 1. The Balaban J connectivity index is 1.65. The summed E-state index contributed by atoms with van der Waals surface area (Å²) < 4.78 is 27.8. The van der Waals surface area contributed by atoms with E-state index in [0.29, 0.717) is 10.9 Å². The number of thioether (sulfide) groups is 1. The number of nitrogens with one attached hydrogen (secondary N) is 1. The van der Waals surface area contributed by atoms with Gasteiger partial charge in [0.15, 0.2) is 5.16 Å². The van der Waals surface area contributed by atoms with Crippen molar-refractivity contribution in [2.75, 3.05) is 5.75 Å². The minimum Gasteiger partial charge on any atom is -0.352 e. The first-order valence-corrected chi connectivity index (χ1v) is 7.93. The van der Waals surface area contributed by atoms with E-state index in [1.807, 2.05) is 0 Å². The van der Waals surface area contributed by atoms with Gasteiger partial charge in [0.25, 0.3) is 5.56 Å². The molecule has 1 N–H and O–H groups in total. The maximum absolute atomic E-state index is 13.5. The molecular formula is C15H13F2N3O2S. The van der Waals surface area contributed by atoms with E-state index in [-0.39, 0.29) is 30.1 Å². The standard InChI is InChI=1S/C15H13F2N3O2S/c16-11-2-1-9(12(17)5-11)6-19-14(22)10-7-20-13(21)3-4-18-15(20)23-8-10/h1-5,10H,6-8H2,(H,19,22)/t10-/m0/s1. The molecule has 0 spiro atoms. The number of amides is 1. The molecular weight excluding hydrogens is 324 g/mol. The minimum atomic E-state index is -0.700. The van der Waals surface area contributed by atoms with Crippen molar-refractivity contribution in [1.82, 2.24) is 14.9 Å². The van der Waals surface area contributed by atoms with Crippen molar-refractivity contribution in [3.05, 3.63) is 58.0 Å². The number of nitrogens with zero attached hydrogens (tertiary/aromatic N) is 2. The van der Waals surface area contributed by atoms with Gasteiger partial charge in [-0.1, -0.05) is 17.8 Å². The molecule has 0 saturated heterocycles. The Morgan fingerprint density at radius 2 is 2.22 bits per heavy atom. The summed E-state index contributed by atoms with van der Waals surface area (Å²) >= 11 is 1.33. The van der Waals surface area contributed by atoms with Gasteiger partial charge in [-0.25, -0.2) is 13.8 Å². The Morgan fingerprint density at radius 1 is 1.39 bits per heavy atom. The lowest BCUT2D eigenvalue weighted by atomic mass is 10.1. The number of benzene rings is 1. The molecule has 8 heteroatoms. The normalized spacial score (nSPS) is 16.7. The Hall–Kier alpha value is -2.22. The fourth-order valence-corrected chi connectivity index (χ4v) is 3.36. The predicted molar refractivity (Wildman–Crippen MR) is 80.9 cm³/mol. The fraction of sp³-hybridized carbons (Fsp3) is 0.267. The van der Waals surface area contributed by atoms with Crippen LogP contribution in [-0.2, 0) is 17.9 Å². The summed E-state index contributed by atoms with van der Waals surface area (Å²) in [6.45, 7) is 0.216. The van der Waals surface area contributed by atoms with E-state index in [1.165, 1.54) is 34.7 Å². The number of carbonyl (C=O) groups is 1. The van der Waals surface area contributed by atoms with E-state index in [2.05, 4.69) is 10.3 Å². The van der Waals surface area contributed by atoms with Crippen LogP contribution >= 0.6 is 11.8 Å². The van der Waals surface area contributed by atoms with E-state index in [1.54, 1.807) is 0 Å². The number of halogens is 2. The molecule has 120 valence electrons. The molecule has 0 aliphatic carbocycles. The summed E-state index contributed by atoms with van der Waals surface area (Å²) in [5.74, 6) is -1.55. The Labute approximate surface area is 134 Å². The first-order chi connectivity index (χ1) is 11.0. The molecule has 0 saturated carbocycles. The highest BCUT2D eigenvalue weighted by Gasteiger charge is 2.26. The molecule has 23 heavy (non-hydrogen) atoms. The minimum absolute atomic E-state index is 0.0269. The van der Waals surface area contributed by atoms with Crippen molar-refractivity contribution < 1.29 is 13.6 Å². The topological polar surface area (TPSA) is 64.0 Å². The fourth-order valence-electron chi connectivity index (χ4n) is 2.30. The largest absolute Gasteiger partial charge is 0.352 e. The van der Waals surface area contributed by atoms with Gasteiger partial charge < -0.3 is 5.32 Å². The average Bonchev–Trinajstić information content (AvgIpc) is 2.54. The zero-order valence-corrected chi connectivity index (χ0v) is 12.8. The SMILES string of the molecule is O=C(NCc1ccc(F)cc1F)[C@@H]1CSc2nccc(=O)n2C1. The van der Waals surface area contributed by atoms with Crippen LogP contribution in [0.3, 0.4) is 0 Å². The summed E-state index contributed by atoms with van der Waals surface area (Å²) in [6.07, 6.45) is 1.44. The number of hydrogen-bond acceptors (Lipinski definition) is 4. The third-order valence-corrected chi connectivity index (χ3v) is 4.71. The van der Waals surface area contributed by atoms with Gasteiger partial charge in [-0.2, -0.15) is 0 Å². The molecule has 0 unspecified atom stereocenters. The first kappa shape index (κ1) is 15.7. The lowest BCUT2D eigenvalue weighted by Gasteiger charge is -2.23. The Kier molecular flexibility index (Phi) is 4.42. The van der Waals surface area contributed by atoms with Crippen LogP contribution in [0.2, 0.25) is 0 Å². The second-order valence-corrected chi connectivity index (χ2v) is 6.12. The van der Waals surface area contributed by atoms with E-state index in [0.717, 1.165) is 12.1 Å². The van der Waals surface area contributed by atoms with Crippen LogP contribution in [0, 0.1) is 17.6 Å². The molecule has 0 radical (unpaired) electrons. The lowest BCUT2D eigenvalue weighted by Crippen LogP contribution is -2.39. The molecule has 1 atom stereocenters. The van der Waals surface area contributed by atoms with Crippen LogP contribution in [0.25, 0.3) is 0 Å². The smallest absolute Gasteiger partial charge is 0.254 e. The molecule has 0 fully saturated rings. The van der Waals surface area contributed by atoms with Gasteiger partial charge in [-0.3, -0.25) is 14.2 Å². The molecule has 1 amide bonds. The lowest BCUT2D eigenvalue weighted by molar-refractivity contribution is -0.125. The molecule has 1 aliphatic rings. The van der Waals surface area contributed by atoms with Crippen molar-refractivity contribution in [1.29, 1.82) is 0 Å². The van der Waals surface area contributed by atoms with Crippen molar-refractivity contribution in [2.45, 2.75) is 18.2 Å². The zero-order chi connectivity index (χ0) is 16.4. The predicted octanol–water partition coefficient (Wildman–Crippen LogP) is 1.56.